The van der Waals surface area contributed by atoms with Gasteiger partial charge in [-0.2, -0.15) is 0 Å². The van der Waals surface area contributed by atoms with Crippen molar-refractivity contribution in [3.8, 4) is 0 Å². The van der Waals surface area contributed by atoms with Crippen molar-refractivity contribution in [2.45, 2.75) is 39.2 Å². The Morgan fingerprint density at radius 3 is 2.74 bits per heavy atom. The van der Waals surface area contributed by atoms with Crippen molar-refractivity contribution in [1.29, 1.82) is 0 Å². The van der Waals surface area contributed by atoms with Gasteiger partial charge in [0, 0.05) is 5.41 Å². The van der Waals surface area contributed by atoms with Gasteiger partial charge in [-0.1, -0.05) is 13.8 Å². The minimum Gasteiger partial charge on any atom is -0.849 e. The highest BCUT2D eigenvalue weighted by molar-refractivity contribution is 7.89. The van der Waals surface area contributed by atoms with Gasteiger partial charge in [-0.15, -0.1) is 0 Å². The Bertz CT molecular complexity index is 628. The summed E-state index contributed by atoms with van der Waals surface area (Å²) in [5.41, 5.74) is -0.453. The highest BCUT2D eigenvalue weighted by atomic mass is 32.2. The molecule has 1 heterocycles. The summed E-state index contributed by atoms with van der Waals surface area (Å²) in [6.45, 7) is 4.19. The lowest BCUT2D eigenvalue weighted by Gasteiger charge is -2.37. The molecule has 2 bridgehead atoms. The van der Waals surface area contributed by atoms with Crippen molar-refractivity contribution in [1.82, 2.24) is 9.16 Å². The zero-order valence-corrected chi connectivity index (χ0v) is 11.7. The molecule has 3 aliphatic rings. The summed E-state index contributed by atoms with van der Waals surface area (Å²) in [5.74, 6) is 1.24. The van der Waals surface area contributed by atoms with E-state index in [1.807, 2.05) is 0 Å². The van der Waals surface area contributed by atoms with E-state index in [4.69, 9.17) is 0 Å². The Labute approximate surface area is 111 Å². The van der Waals surface area contributed by atoms with Gasteiger partial charge in [0.25, 0.3) is 4.85 Å². The van der Waals surface area contributed by atoms with E-state index in [2.05, 4.69) is 18.7 Å². The van der Waals surface area contributed by atoms with Crippen LogP contribution in [0.4, 0.5) is 0 Å². The molecule has 0 aromatic carbocycles. The van der Waals surface area contributed by atoms with Crippen LogP contribution >= 0.6 is 0 Å². The second kappa shape index (κ2) is 3.42. The first-order valence-electron chi connectivity index (χ1n) is 6.41. The van der Waals surface area contributed by atoms with E-state index < -0.39 is 15.9 Å². The second-order valence-corrected chi connectivity index (χ2v) is 8.27. The molecule has 2 aliphatic carbocycles. The third kappa shape index (κ3) is 1.30. The Morgan fingerprint density at radius 2 is 2.16 bits per heavy atom. The van der Waals surface area contributed by atoms with Crippen LogP contribution in [-0.4, -0.2) is 30.4 Å². The lowest BCUT2D eigenvalue weighted by molar-refractivity contribution is -0.323. The molecule has 0 aromatic heterocycles. The first kappa shape index (κ1) is 12.7. The Hall–Kier alpha value is -1.29. The number of rotatable bonds is 1. The number of nitrogens with zero attached hydrogens (tertiary/aromatic N) is 2. The summed E-state index contributed by atoms with van der Waals surface area (Å²) in [6.07, 6.45) is 2.53. The molecular weight excluding hydrogens is 268 g/mol. The van der Waals surface area contributed by atoms with Crippen molar-refractivity contribution in [3.05, 3.63) is 10.8 Å². The van der Waals surface area contributed by atoms with Crippen molar-refractivity contribution in [3.63, 3.8) is 0 Å². The van der Waals surface area contributed by atoms with Gasteiger partial charge in [0.15, 0.2) is 4.91 Å². The number of hydrogen-bond acceptors (Lipinski definition) is 4. The van der Waals surface area contributed by atoms with Gasteiger partial charge < -0.3 is 5.11 Å². The fourth-order valence-electron chi connectivity index (χ4n) is 4.64. The maximum absolute atomic E-state index is 12.3. The average molecular weight is 284 g/mol. The van der Waals surface area contributed by atoms with Crippen LogP contribution in [0.25, 0.3) is 0 Å². The fourth-order valence-corrected chi connectivity index (χ4v) is 7.11. The summed E-state index contributed by atoms with van der Waals surface area (Å²) in [4.78, 5) is 12.5. The molecule has 3 rings (SSSR count). The Morgan fingerprint density at radius 1 is 1.47 bits per heavy atom. The van der Waals surface area contributed by atoms with E-state index in [1.54, 1.807) is 5.87 Å². The zero-order chi connectivity index (χ0) is 14.1. The summed E-state index contributed by atoms with van der Waals surface area (Å²) in [7, 11) is -3.66. The first-order chi connectivity index (χ1) is 8.76. The fraction of sp³-hybridized carbons (Fsp3) is 0.833. The van der Waals surface area contributed by atoms with Crippen LogP contribution in [0.2, 0.25) is 0 Å². The molecule has 0 aromatic rings. The van der Waals surface area contributed by atoms with Crippen LogP contribution in [0.15, 0.2) is 5.88 Å². The molecule has 1 saturated heterocycles. The molecule has 1 spiro atoms. The summed E-state index contributed by atoms with van der Waals surface area (Å²) in [5, 5.41) is 11.8. The monoisotopic (exact) mass is 284 g/mol. The molecule has 0 unspecified atom stereocenters. The first-order valence-corrected chi connectivity index (χ1v) is 8.02. The molecule has 104 valence electrons. The van der Waals surface area contributed by atoms with Gasteiger partial charge in [-0.05, 0) is 30.6 Å². The minimum absolute atomic E-state index is 0.000440. The lowest BCUT2D eigenvalue weighted by Crippen LogP contribution is -2.43. The molecule has 0 radical (unpaired) electrons. The maximum atomic E-state index is 12.3. The Balaban J connectivity index is 2.17. The van der Waals surface area contributed by atoms with Crippen LogP contribution in [0.1, 0.15) is 33.1 Å². The summed E-state index contributed by atoms with van der Waals surface area (Å²) < 4.78 is 25.4. The van der Waals surface area contributed by atoms with Gasteiger partial charge in [-0.25, -0.2) is 8.42 Å². The highest BCUT2D eigenvalue weighted by Crippen LogP contribution is 2.70. The average Bonchev–Trinajstić information content (AvgIpc) is 2.75. The molecule has 19 heavy (non-hydrogen) atoms. The normalized spacial score (nSPS) is 40.6. The molecule has 3 fully saturated rings. The molecule has 3 atom stereocenters. The van der Waals surface area contributed by atoms with Gasteiger partial charge in [0.1, 0.15) is 5.88 Å². The van der Waals surface area contributed by atoms with Gasteiger partial charge in [0.2, 0.25) is 10.0 Å². The predicted octanol–water partition coefficient (Wildman–Crippen LogP) is -0.468. The second-order valence-electron chi connectivity index (χ2n) is 6.43. The number of nitroso groups, excluding NO2 is 1. The van der Waals surface area contributed by atoms with Crippen LogP contribution in [0.3, 0.4) is 0 Å². The van der Waals surface area contributed by atoms with E-state index >= 15 is 0 Å². The molecule has 0 N–H and O–H groups in total. The van der Waals surface area contributed by atoms with Crippen molar-refractivity contribution in [2.75, 3.05) is 5.75 Å². The summed E-state index contributed by atoms with van der Waals surface area (Å²) >= 11 is 0. The molecule has 7 heteroatoms. The van der Waals surface area contributed by atoms with Gasteiger partial charge >= 0.3 is 5.87 Å². The molecule has 1 aliphatic heterocycles. The van der Waals surface area contributed by atoms with Crippen molar-refractivity contribution < 1.29 is 13.5 Å². The van der Waals surface area contributed by atoms with E-state index in [9.17, 15) is 18.4 Å². The number of hydrogen-bond donors (Lipinski definition) is 0. The van der Waals surface area contributed by atoms with Crippen LogP contribution in [0.5, 0.6) is 0 Å². The topological polar surface area (TPSA) is 91.6 Å². The smallest absolute Gasteiger partial charge is 0.395 e. The summed E-state index contributed by atoms with van der Waals surface area (Å²) in [6, 6.07) is -0.326. The number of sulfonamides is 1. The third-order valence-corrected chi connectivity index (χ3v) is 7.65. The number of fused-ring (bicyclic) bond motifs is 1. The quantitative estimate of drug-likeness (QED) is 0.370. The van der Waals surface area contributed by atoms with E-state index in [0.29, 0.717) is 12.3 Å². The minimum atomic E-state index is -3.66. The third-order valence-electron chi connectivity index (χ3n) is 5.75. The maximum Gasteiger partial charge on any atom is 0.395 e. The van der Waals surface area contributed by atoms with Gasteiger partial charge in [-0.3, -0.25) is 4.31 Å². The van der Waals surface area contributed by atoms with Crippen molar-refractivity contribution in [2.24, 2.45) is 16.7 Å². The molecule has 2 saturated carbocycles. The molecular formula is C12H16N2O4S. The van der Waals surface area contributed by atoms with Crippen LogP contribution in [-0.2, 0) is 10.0 Å². The highest BCUT2D eigenvalue weighted by Gasteiger charge is 2.71. The standard InChI is InChI=1S/C12H16N2O4S/c1-11(2)8-3-4-12(11)7-19(17,18)14(9(12)5-8)10(15)6-13-16/h8-9H,3-5,7H2,1-2H3/t8-,9-,12-/m1/s1. The SMILES string of the molecule is CC1(C)[C@@H]2CC[C@]13CS(=O)(=O)N(C([O-])=C=[N+]=O)[C@@H]3C2. The molecule has 6 nitrogen and oxygen atoms in total. The van der Waals surface area contributed by atoms with E-state index in [-0.39, 0.29) is 22.6 Å². The van der Waals surface area contributed by atoms with Crippen molar-refractivity contribution >= 4 is 15.9 Å². The van der Waals surface area contributed by atoms with E-state index in [1.165, 1.54) is 0 Å². The van der Waals surface area contributed by atoms with Crippen LogP contribution < -0.4 is 9.96 Å². The van der Waals surface area contributed by atoms with Gasteiger partial charge in [0.05, 0.1) is 11.8 Å². The largest absolute Gasteiger partial charge is 0.849 e. The Kier molecular flexibility index (Phi) is 2.29. The predicted molar refractivity (Wildman–Crippen MR) is 67.0 cm³/mol. The zero-order valence-electron chi connectivity index (χ0n) is 10.9. The van der Waals surface area contributed by atoms with Crippen LogP contribution in [0, 0.1) is 21.7 Å². The van der Waals surface area contributed by atoms with E-state index in [0.717, 1.165) is 17.1 Å². The lowest BCUT2D eigenvalue weighted by atomic mass is 9.69. The molecule has 0 amide bonds.